The van der Waals surface area contributed by atoms with E-state index in [-0.39, 0.29) is 0 Å². The fourth-order valence-corrected chi connectivity index (χ4v) is 2.61. The monoisotopic (exact) mass is 169 g/mol. The summed E-state index contributed by atoms with van der Waals surface area (Å²) < 4.78 is 0. The molecule has 1 saturated heterocycles. The van der Waals surface area contributed by atoms with E-state index >= 15 is 0 Å². The lowest BCUT2D eigenvalue weighted by Crippen LogP contribution is -2.36. The Hall–Kier alpha value is -0.0400. The van der Waals surface area contributed by atoms with Crippen LogP contribution in [0.5, 0.6) is 0 Å². The van der Waals surface area contributed by atoms with E-state index in [9.17, 15) is 0 Å². The molecule has 1 aliphatic rings. The first-order chi connectivity index (χ1) is 5.54. The summed E-state index contributed by atoms with van der Waals surface area (Å²) in [5, 5.41) is 0. The van der Waals surface area contributed by atoms with Crippen molar-refractivity contribution >= 4 is 0 Å². The van der Waals surface area contributed by atoms with Crippen LogP contribution in [-0.4, -0.2) is 23.5 Å². The van der Waals surface area contributed by atoms with Crippen LogP contribution in [0.3, 0.4) is 0 Å². The molecule has 12 heavy (non-hydrogen) atoms. The van der Waals surface area contributed by atoms with E-state index in [0.717, 1.165) is 23.9 Å². The molecule has 0 spiro atoms. The van der Waals surface area contributed by atoms with Crippen LogP contribution in [0, 0.1) is 11.8 Å². The number of hydrogen-bond acceptors (Lipinski definition) is 1. The van der Waals surface area contributed by atoms with Crippen molar-refractivity contribution in [2.24, 2.45) is 11.8 Å². The molecule has 0 saturated carbocycles. The Balaban J connectivity index is 2.55. The van der Waals surface area contributed by atoms with Gasteiger partial charge in [0.05, 0.1) is 0 Å². The summed E-state index contributed by atoms with van der Waals surface area (Å²) in [4.78, 5) is 2.63. The highest BCUT2D eigenvalue weighted by molar-refractivity contribution is 4.86. The minimum atomic E-state index is 0.726. The molecule has 0 aromatic rings. The molecule has 1 rings (SSSR count). The standard InChI is InChI=1S/C11H23N/c1-8(2)11-6-7-12(9(3)4)10(11)5/h8-11H,6-7H2,1-5H3/t10-,11?/m1/s1. The van der Waals surface area contributed by atoms with E-state index in [2.05, 4.69) is 39.5 Å². The second-order valence-electron chi connectivity index (χ2n) is 4.77. The molecular formula is C11H23N. The maximum absolute atomic E-state index is 2.63. The quantitative estimate of drug-likeness (QED) is 0.614. The van der Waals surface area contributed by atoms with Crippen LogP contribution in [0.2, 0.25) is 0 Å². The molecule has 0 aromatic heterocycles. The Labute approximate surface area is 77.1 Å². The summed E-state index contributed by atoms with van der Waals surface area (Å²) >= 11 is 0. The molecule has 1 unspecified atom stereocenters. The maximum Gasteiger partial charge on any atom is 0.0101 e. The van der Waals surface area contributed by atoms with Crippen LogP contribution in [0.4, 0.5) is 0 Å². The third-order valence-corrected chi connectivity index (χ3v) is 3.38. The first kappa shape index (κ1) is 10.0. The van der Waals surface area contributed by atoms with Crippen LogP contribution < -0.4 is 0 Å². The highest BCUT2D eigenvalue weighted by atomic mass is 15.2. The van der Waals surface area contributed by atoms with Gasteiger partial charge in [0, 0.05) is 12.1 Å². The lowest BCUT2D eigenvalue weighted by Gasteiger charge is -2.29. The number of hydrogen-bond donors (Lipinski definition) is 0. The first-order valence-corrected chi connectivity index (χ1v) is 5.29. The van der Waals surface area contributed by atoms with Crippen molar-refractivity contribution in [3.05, 3.63) is 0 Å². The van der Waals surface area contributed by atoms with Gasteiger partial charge in [-0.05, 0) is 45.6 Å². The molecular weight excluding hydrogens is 146 g/mol. The van der Waals surface area contributed by atoms with Crippen molar-refractivity contribution < 1.29 is 0 Å². The van der Waals surface area contributed by atoms with Gasteiger partial charge in [0.15, 0.2) is 0 Å². The van der Waals surface area contributed by atoms with Crippen molar-refractivity contribution in [2.75, 3.05) is 6.54 Å². The molecule has 0 aromatic carbocycles. The van der Waals surface area contributed by atoms with E-state index in [4.69, 9.17) is 0 Å². The average molecular weight is 169 g/mol. The van der Waals surface area contributed by atoms with Gasteiger partial charge in [-0.3, -0.25) is 4.90 Å². The van der Waals surface area contributed by atoms with Crippen molar-refractivity contribution in [1.29, 1.82) is 0 Å². The minimum Gasteiger partial charge on any atom is -0.298 e. The lowest BCUT2D eigenvalue weighted by molar-refractivity contribution is 0.179. The van der Waals surface area contributed by atoms with Crippen molar-refractivity contribution in [2.45, 2.75) is 53.1 Å². The Morgan fingerprint density at radius 2 is 1.75 bits per heavy atom. The molecule has 1 heteroatoms. The van der Waals surface area contributed by atoms with Crippen molar-refractivity contribution in [3.8, 4) is 0 Å². The largest absolute Gasteiger partial charge is 0.298 e. The van der Waals surface area contributed by atoms with Gasteiger partial charge in [-0.25, -0.2) is 0 Å². The molecule has 0 radical (unpaired) electrons. The number of nitrogens with zero attached hydrogens (tertiary/aromatic N) is 1. The van der Waals surface area contributed by atoms with E-state index in [1.54, 1.807) is 0 Å². The highest BCUT2D eigenvalue weighted by Crippen LogP contribution is 2.31. The van der Waals surface area contributed by atoms with Crippen LogP contribution in [-0.2, 0) is 0 Å². The second kappa shape index (κ2) is 3.78. The zero-order chi connectivity index (χ0) is 9.30. The smallest absolute Gasteiger partial charge is 0.0101 e. The van der Waals surface area contributed by atoms with Gasteiger partial charge in [0.1, 0.15) is 0 Å². The van der Waals surface area contributed by atoms with Gasteiger partial charge in [-0.1, -0.05) is 13.8 Å². The van der Waals surface area contributed by atoms with Crippen LogP contribution >= 0.6 is 0 Å². The van der Waals surface area contributed by atoms with Gasteiger partial charge >= 0.3 is 0 Å². The Bertz CT molecular complexity index is 124. The third-order valence-electron chi connectivity index (χ3n) is 3.38. The normalized spacial score (nSPS) is 32.2. The molecule has 1 heterocycles. The Morgan fingerprint density at radius 1 is 1.17 bits per heavy atom. The molecule has 0 N–H and O–H groups in total. The van der Waals surface area contributed by atoms with Crippen LogP contribution in [0.25, 0.3) is 0 Å². The molecule has 1 fully saturated rings. The zero-order valence-corrected chi connectivity index (χ0v) is 9.17. The predicted molar refractivity (Wildman–Crippen MR) is 54.2 cm³/mol. The molecule has 0 amide bonds. The Morgan fingerprint density at radius 3 is 2.00 bits per heavy atom. The number of rotatable bonds is 2. The Kier molecular flexibility index (Phi) is 3.16. The third kappa shape index (κ3) is 1.82. The highest BCUT2D eigenvalue weighted by Gasteiger charge is 2.33. The summed E-state index contributed by atoms with van der Waals surface area (Å²) in [5.41, 5.74) is 0. The minimum absolute atomic E-state index is 0.726. The van der Waals surface area contributed by atoms with Gasteiger partial charge in [0.2, 0.25) is 0 Å². The topological polar surface area (TPSA) is 3.24 Å². The summed E-state index contributed by atoms with van der Waals surface area (Å²) in [6.45, 7) is 13.0. The molecule has 2 atom stereocenters. The van der Waals surface area contributed by atoms with Gasteiger partial charge in [0.25, 0.3) is 0 Å². The molecule has 0 aliphatic carbocycles. The van der Waals surface area contributed by atoms with Crippen LogP contribution in [0.1, 0.15) is 41.0 Å². The van der Waals surface area contributed by atoms with Gasteiger partial charge < -0.3 is 0 Å². The SMILES string of the molecule is CC(C)C1CCN(C(C)C)[C@@H]1C. The average Bonchev–Trinajstić information content (AvgIpc) is 2.30. The second-order valence-corrected chi connectivity index (χ2v) is 4.77. The van der Waals surface area contributed by atoms with Crippen molar-refractivity contribution in [1.82, 2.24) is 4.90 Å². The fraction of sp³-hybridized carbons (Fsp3) is 1.00. The maximum atomic E-state index is 2.63. The predicted octanol–water partition coefficient (Wildman–Crippen LogP) is 2.76. The van der Waals surface area contributed by atoms with E-state index < -0.39 is 0 Å². The molecule has 1 aliphatic heterocycles. The van der Waals surface area contributed by atoms with Crippen molar-refractivity contribution in [3.63, 3.8) is 0 Å². The summed E-state index contributed by atoms with van der Waals surface area (Å²) in [6, 6.07) is 1.52. The van der Waals surface area contributed by atoms with E-state index in [0.29, 0.717) is 0 Å². The number of likely N-dealkylation sites (tertiary alicyclic amines) is 1. The summed E-state index contributed by atoms with van der Waals surface area (Å²) in [6.07, 6.45) is 1.40. The van der Waals surface area contributed by atoms with E-state index in [1.165, 1.54) is 13.0 Å². The summed E-state index contributed by atoms with van der Waals surface area (Å²) in [7, 11) is 0. The zero-order valence-electron chi connectivity index (χ0n) is 9.17. The van der Waals surface area contributed by atoms with E-state index in [1.807, 2.05) is 0 Å². The fourth-order valence-electron chi connectivity index (χ4n) is 2.61. The van der Waals surface area contributed by atoms with Gasteiger partial charge in [-0.2, -0.15) is 0 Å². The van der Waals surface area contributed by atoms with Gasteiger partial charge in [-0.15, -0.1) is 0 Å². The molecule has 72 valence electrons. The van der Waals surface area contributed by atoms with Crippen LogP contribution in [0.15, 0.2) is 0 Å². The molecule has 1 nitrogen and oxygen atoms in total. The summed E-state index contributed by atoms with van der Waals surface area (Å²) in [5.74, 6) is 1.77. The lowest BCUT2D eigenvalue weighted by atomic mass is 9.89. The first-order valence-electron chi connectivity index (χ1n) is 5.29. The molecule has 0 bridgehead atoms.